The molecule has 2 nitrogen and oxygen atoms in total. The summed E-state index contributed by atoms with van der Waals surface area (Å²) >= 11 is 0. The second kappa shape index (κ2) is 4.64. The molecule has 0 bridgehead atoms. The summed E-state index contributed by atoms with van der Waals surface area (Å²) in [6.07, 6.45) is 3.27. The topological polar surface area (TPSA) is 29.1 Å². The summed E-state index contributed by atoms with van der Waals surface area (Å²) in [4.78, 5) is 11.8. The molecule has 1 saturated carbocycles. The van der Waals surface area contributed by atoms with Crippen LogP contribution >= 0.6 is 0 Å². The average molecular weight is 221 g/mol. The Bertz CT molecular complexity index is 374. The van der Waals surface area contributed by atoms with Gasteiger partial charge in [-0.3, -0.25) is 4.79 Å². The lowest BCUT2D eigenvalue weighted by Gasteiger charge is -2.12. The van der Waals surface area contributed by atoms with Gasteiger partial charge in [0.05, 0.1) is 0 Å². The molecule has 3 heteroatoms. The molecule has 0 saturated heterocycles. The number of benzene rings is 1. The highest BCUT2D eigenvalue weighted by atomic mass is 19.1. The van der Waals surface area contributed by atoms with E-state index in [-0.39, 0.29) is 17.8 Å². The predicted octanol–water partition coefficient (Wildman–Crippen LogP) is 2.74. The SMILES string of the molecule is CC1CCC(NC(=O)c2ccc(F)cc2)C1. The molecule has 1 N–H and O–H groups in total. The maximum Gasteiger partial charge on any atom is 0.251 e. The summed E-state index contributed by atoms with van der Waals surface area (Å²) in [5.41, 5.74) is 0.529. The van der Waals surface area contributed by atoms with Crippen molar-refractivity contribution in [1.82, 2.24) is 5.32 Å². The van der Waals surface area contributed by atoms with Crippen LogP contribution in [0.25, 0.3) is 0 Å². The number of halogens is 1. The molecule has 2 atom stereocenters. The minimum absolute atomic E-state index is 0.0981. The lowest BCUT2D eigenvalue weighted by Crippen LogP contribution is -2.32. The Kier molecular flexibility index (Phi) is 3.22. The number of hydrogen-bond acceptors (Lipinski definition) is 1. The summed E-state index contributed by atoms with van der Waals surface area (Å²) < 4.78 is 12.7. The number of amides is 1. The van der Waals surface area contributed by atoms with Crippen molar-refractivity contribution in [3.63, 3.8) is 0 Å². The van der Waals surface area contributed by atoms with Gasteiger partial charge in [-0.15, -0.1) is 0 Å². The summed E-state index contributed by atoms with van der Waals surface area (Å²) in [5.74, 6) is 0.281. The van der Waals surface area contributed by atoms with Crippen molar-refractivity contribution >= 4 is 5.91 Å². The molecule has 86 valence electrons. The summed E-state index contributed by atoms with van der Waals surface area (Å²) in [6.45, 7) is 2.20. The zero-order chi connectivity index (χ0) is 11.5. The van der Waals surface area contributed by atoms with Gasteiger partial charge in [0.2, 0.25) is 0 Å². The standard InChI is InChI=1S/C13H16FNO/c1-9-2-7-12(8-9)15-13(16)10-3-5-11(14)6-4-10/h3-6,9,12H,2,7-8H2,1H3,(H,15,16). The molecule has 1 aliphatic carbocycles. The van der Waals surface area contributed by atoms with Crippen LogP contribution in [0.4, 0.5) is 4.39 Å². The quantitative estimate of drug-likeness (QED) is 0.817. The Balaban J connectivity index is 1.95. The molecule has 0 radical (unpaired) electrons. The van der Waals surface area contributed by atoms with Crippen LogP contribution in [0.15, 0.2) is 24.3 Å². The number of carbonyl (C=O) groups is 1. The summed E-state index contributed by atoms with van der Waals surface area (Å²) in [6, 6.07) is 5.94. The molecule has 1 fully saturated rings. The van der Waals surface area contributed by atoms with Crippen LogP contribution in [0.3, 0.4) is 0 Å². The molecule has 0 aromatic heterocycles. The van der Waals surface area contributed by atoms with E-state index >= 15 is 0 Å². The first-order valence-electron chi connectivity index (χ1n) is 5.71. The van der Waals surface area contributed by atoms with Gasteiger partial charge in [-0.05, 0) is 49.4 Å². The van der Waals surface area contributed by atoms with Gasteiger partial charge in [-0.25, -0.2) is 4.39 Å². The van der Waals surface area contributed by atoms with Crippen LogP contribution in [0.5, 0.6) is 0 Å². The van der Waals surface area contributed by atoms with Crippen LogP contribution < -0.4 is 5.32 Å². The van der Waals surface area contributed by atoms with Crippen molar-refractivity contribution < 1.29 is 9.18 Å². The second-order valence-corrected chi connectivity index (χ2v) is 4.60. The fourth-order valence-corrected chi connectivity index (χ4v) is 2.21. The fourth-order valence-electron chi connectivity index (χ4n) is 2.21. The maximum absolute atomic E-state index is 12.7. The normalized spacial score (nSPS) is 24.4. The Morgan fingerprint density at radius 2 is 2.00 bits per heavy atom. The molecular formula is C13H16FNO. The molecule has 1 aromatic rings. The van der Waals surface area contributed by atoms with Crippen LogP contribution in [-0.4, -0.2) is 11.9 Å². The first-order chi connectivity index (χ1) is 7.65. The molecule has 0 heterocycles. The highest BCUT2D eigenvalue weighted by Crippen LogP contribution is 2.24. The number of nitrogens with one attached hydrogen (secondary N) is 1. The van der Waals surface area contributed by atoms with E-state index in [1.807, 2.05) is 0 Å². The number of rotatable bonds is 2. The van der Waals surface area contributed by atoms with E-state index in [1.165, 1.54) is 30.7 Å². The number of hydrogen-bond donors (Lipinski definition) is 1. The van der Waals surface area contributed by atoms with Crippen molar-refractivity contribution in [2.45, 2.75) is 32.2 Å². The highest BCUT2D eigenvalue weighted by molar-refractivity contribution is 5.94. The van der Waals surface area contributed by atoms with Gasteiger partial charge < -0.3 is 5.32 Å². The molecule has 2 unspecified atom stereocenters. The predicted molar refractivity (Wildman–Crippen MR) is 60.7 cm³/mol. The van der Waals surface area contributed by atoms with E-state index in [1.54, 1.807) is 0 Å². The molecule has 1 amide bonds. The third-order valence-corrected chi connectivity index (χ3v) is 3.14. The van der Waals surface area contributed by atoms with Crippen LogP contribution in [-0.2, 0) is 0 Å². The molecule has 16 heavy (non-hydrogen) atoms. The van der Waals surface area contributed by atoms with E-state index in [0.717, 1.165) is 12.8 Å². The first-order valence-corrected chi connectivity index (χ1v) is 5.71. The maximum atomic E-state index is 12.7. The average Bonchev–Trinajstić information content (AvgIpc) is 2.65. The van der Waals surface area contributed by atoms with Gasteiger partial charge in [-0.2, -0.15) is 0 Å². The van der Waals surface area contributed by atoms with Crippen LogP contribution in [0.1, 0.15) is 36.5 Å². The zero-order valence-corrected chi connectivity index (χ0v) is 9.37. The monoisotopic (exact) mass is 221 g/mol. The first kappa shape index (κ1) is 11.1. The van der Waals surface area contributed by atoms with Crippen molar-refractivity contribution in [3.05, 3.63) is 35.6 Å². The van der Waals surface area contributed by atoms with Gasteiger partial charge in [0.1, 0.15) is 5.82 Å². The van der Waals surface area contributed by atoms with E-state index in [4.69, 9.17) is 0 Å². The van der Waals surface area contributed by atoms with Gasteiger partial charge >= 0.3 is 0 Å². The third kappa shape index (κ3) is 2.60. The second-order valence-electron chi connectivity index (χ2n) is 4.60. The van der Waals surface area contributed by atoms with Crippen LogP contribution in [0, 0.1) is 11.7 Å². The van der Waals surface area contributed by atoms with Crippen molar-refractivity contribution in [2.24, 2.45) is 5.92 Å². The minimum atomic E-state index is -0.314. The Hall–Kier alpha value is -1.38. The molecule has 0 aliphatic heterocycles. The van der Waals surface area contributed by atoms with Crippen LogP contribution in [0.2, 0.25) is 0 Å². The van der Waals surface area contributed by atoms with Gasteiger partial charge in [0, 0.05) is 11.6 Å². The van der Waals surface area contributed by atoms with Crippen molar-refractivity contribution in [2.75, 3.05) is 0 Å². The largest absolute Gasteiger partial charge is 0.349 e. The Morgan fingerprint density at radius 3 is 2.56 bits per heavy atom. The van der Waals surface area contributed by atoms with Gasteiger partial charge in [0.25, 0.3) is 5.91 Å². The molecule has 1 aromatic carbocycles. The molecule has 1 aliphatic rings. The van der Waals surface area contributed by atoms with Crippen molar-refractivity contribution in [1.29, 1.82) is 0 Å². The summed E-state index contributed by atoms with van der Waals surface area (Å²) in [7, 11) is 0. The molecule has 0 spiro atoms. The summed E-state index contributed by atoms with van der Waals surface area (Å²) in [5, 5.41) is 2.98. The lowest BCUT2D eigenvalue weighted by atomic mass is 10.1. The van der Waals surface area contributed by atoms with E-state index in [2.05, 4.69) is 12.2 Å². The zero-order valence-electron chi connectivity index (χ0n) is 9.37. The van der Waals surface area contributed by atoms with Gasteiger partial charge in [-0.1, -0.05) is 6.92 Å². The smallest absolute Gasteiger partial charge is 0.251 e. The minimum Gasteiger partial charge on any atom is -0.349 e. The van der Waals surface area contributed by atoms with E-state index < -0.39 is 0 Å². The third-order valence-electron chi connectivity index (χ3n) is 3.14. The van der Waals surface area contributed by atoms with E-state index in [9.17, 15) is 9.18 Å². The van der Waals surface area contributed by atoms with E-state index in [0.29, 0.717) is 11.5 Å². The number of carbonyl (C=O) groups excluding carboxylic acids is 1. The Morgan fingerprint density at radius 1 is 1.31 bits per heavy atom. The molecular weight excluding hydrogens is 205 g/mol. The van der Waals surface area contributed by atoms with Gasteiger partial charge in [0.15, 0.2) is 0 Å². The highest BCUT2D eigenvalue weighted by Gasteiger charge is 2.22. The van der Waals surface area contributed by atoms with Crippen molar-refractivity contribution in [3.8, 4) is 0 Å². The Labute approximate surface area is 94.9 Å². The lowest BCUT2D eigenvalue weighted by molar-refractivity contribution is 0.0937. The molecule has 2 rings (SSSR count). The fraction of sp³-hybridized carbons (Fsp3) is 0.462.